The van der Waals surface area contributed by atoms with Crippen LogP contribution in [0.15, 0.2) is 0 Å². The normalized spacial score (nSPS) is 29.7. The molecule has 0 aromatic heterocycles. The topological polar surface area (TPSA) is 12.5 Å². The fourth-order valence-electron chi connectivity index (χ4n) is 0.279. The maximum atomic E-state index is 4.82. The molecule has 0 aromatic carbocycles. The highest BCUT2D eigenvalue weighted by Gasteiger charge is 2.19. The van der Waals surface area contributed by atoms with Crippen LogP contribution in [-0.4, -0.2) is 18.1 Å². The first-order valence-corrected chi connectivity index (χ1v) is 2.31. The van der Waals surface area contributed by atoms with Crippen LogP contribution in [0.2, 0.25) is 0 Å². The van der Waals surface area contributed by atoms with E-state index in [1.807, 2.05) is 0 Å². The van der Waals surface area contributed by atoms with Gasteiger partial charge in [-0.2, -0.15) is 0 Å². The van der Waals surface area contributed by atoms with Crippen molar-refractivity contribution in [3.63, 3.8) is 0 Å². The van der Waals surface area contributed by atoms with Gasteiger partial charge in [0.25, 0.3) is 0 Å². The molecule has 1 unspecified atom stereocenters. The second kappa shape index (κ2) is 1.67. The zero-order chi connectivity index (χ0) is 4.41. The van der Waals surface area contributed by atoms with Crippen molar-refractivity contribution in [1.82, 2.24) is 0 Å². The second-order valence-corrected chi connectivity index (χ2v) is 1.59. The number of epoxide rings is 1. The summed E-state index contributed by atoms with van der Waals surface area (Å²) in [5.74, 6) is 0. The highest BCUT2D eigenvalue weighted by molar-refractivity contribution is 7.78. The first-order chi connectivity index (χ1) is 2.93. The summed E-state index contributed by atoms with van der Waals surface area (Å²) in [6, 6.07) is 0. The van der Waals surface area contributed by atoms with Gasteiger partial charge in [-0.05, 0) is 0 Å². The minimum absolute atomic E-state index is 0.433. The van der Waals surface area contributed by atoms with Crippen molar-refractivity contribution < 1.29 is 4.74 Å². The largest absolute Gasteiger partial charge is 0.373 e. The van der Waals surface area contributed by atoms with E-state index in [2.05, 4.69) is 17.6 Å². The zero-order valence-corrected chi connectivity index (χ0v) is 4.12. The standard InChI is InChI=1S/C4H5OS/c6-2-1-4-3-5-4/h4H,1,3H2. The van der Waals surface area contributed by atoms with Crippen LogP contribution in [0.1, 0.15) is 6.42 Å². The third kappa shape index (κ3) is 1.03. The Morgan fingerprint density at radius 1 is 2.00 bits per heavy atom. The second-order valence-electron chi connectivity index (χ2n) is 1.30. The quantitative estimate of drug-likeness (QED) is 0.374. The molecule has 0 amide bonds. The van der Waals surface area contributed by atoms with Crippen LogP contribution in [0.4, 0.5) is 0 Å². The lowest BCUT2D eigenvalue weighted by Gasteiger charge is -1.71. The Kier molecular flexibility index (Phi) is 1.17. The molecule has 1 aliphatic heterocycles. The summed E-state index contributed by atoms with van der Waals surface area (Å²) >= 11 is 4.44. The summed E-state index contributed by atoms with van der Waals surface area (Å²) in [6.45, 7) is 0.893. The molecule has 1 atom stereocenters. The van der Waals surface area contributed by atoms with E-state index in [4.69, 9.17) is 4.74 Å². The van der Waals surface area contributed by atoms with Crippen LogP contribution in [0.5, 0.6) is 0 Å². The van der Waals surface area contributed by atoms with Gasteiger partial charge >= 0.3 is 0 Å². The molecule has 1 rings (SSSR count). The molecule has 2 heteroatoms. The summed E-state index contributed by atoms with van der Waals surface area (Å²) in [6.07, 6.45) is 1.26. The Morgan fingerprint density at radius 3 is 2.83 bits per heavy atom. The van der Waals surface area contributed by atoms with Crippen LogP contribution in [0, 0.1) is 0 Å². The Bertz CT molecular complexity index is 58.6. The minimum Gasteiger partial charge on any atom is -0.373 e. The fourth-order valence-corrected chi connectivity index (χ4v) is 0.465. The smallest absolute Gasteiger partial charge is 0.0858 e. The molecule has 1 radical (unpaired) electrons. The molecule has 6 heavy (non-hydrogen) atoms. The van der Waals surface area contributed by atoms with E-state index in [-0.39, 0.29) is 0 Å². The highest BCUT2D eigenvalue weighted by atomic mass is 32.1. The summed E-state index contributed by atoms with van der Waals surface area (Å²) in [7, 11) is 0. The maximum Gasteiger partial charge on any atom is 0.0858 e. The predicted octanol–water partition coefficient (Wildman–Crippen LogP) is 0.652. The Morgan fingerprint density at radius 2 is 2.67 bits per heavy atom. The van der Waals surface area contributed by atoms with Crippen LogP contribution < -0.4 is 0 Å². The van der Waals surface area contributed by atoms with Crippen molar-refractivity contribution in [3.8, 4) is 0 Å². The van der Waals surface area contributed by atoms with E-state index in [9.17, 15) is 0 Å². The van der Waals surface area contributed by atoms with E-state index in [1.165, 1.54) is 0 Å². The molecule has 0 aliphatic carbocycles. The summed E-state index contributed by atoms with van der Waals surface area (Å²) in [4.78, 5) is 0. The highest BCUT2D eigenvalue weighted by Crippen LogP contribution is 2.10. The van der Waals surface area contributed by atoms with Crippen molar-refractivity contribution in [2.75, 3.05) is 6.61 Å². The molecule has 0 spiro atoms. The van der Waals surface area contributed by atoms with Crippen molar-refractivity contribution in [2.45, 2.75) is 12.5 Å². The first-order valence-electron chi connectivity index (χ1n) is 1.90. The molecule has 1 aliphatic rings. The molecule has 1 saturated heterocycles. The van der Waals surface area contributed by atoms with Gasteiger partial charge in [-0.1, -0.05) is 12.2 Å². The third-order valence-corrected chi connectivity index (χ3v) is 0.880. The fraction of sp³-hybridized carbons (Fsp3) is 0.750. The lowest BCUT2D eigenvalue weighted by molar-refractivity contribution is 0.415. The van der Waals surface area contributed by atoms with E-state index in [0.29, 0.717) is 6.10 Å². The van der Waals surface area contributed by atoms with Crippen molar-refractivity contribution in [2.24, 2.45) is 0 Å². The summed E-state index contributed by atoms with van der Waals surface area (Å²) in [5, 5.41) is 2.59. The molecular formula is C4H5OS. The Balaban J connectivity index is 2.00. The molecule has 0 N–H and O–H groups in total. The van der Waals surface area contributed by atoms with E-state index in [0.717, 1.165) is 13.0 Å². The van der Waals surface area contributed by atoms with Gasteiger partial charge in [0.15, 0.2) is 0 Å². The molecule has 1 fully saturated rings. The van der Waals surface area contributed by atoms with Crippen molar-refractivity contribution in [3.05, 3.63) is 0 Å². The zero-order valence-electron chi connectivity index (χ0n) is 3.31. The molecule has 0 bridgehead atoms. The minimum atomic E-state index is 0.433. The van der Waals surface area contributed by atoms with Gasteiger partial charge in [0, 0.05) is 11.8 Å². The maximum absolute atomic E-state index is 4.82. The number of ether oxygens (including phenoxy) is 1. The molecule has 1 nitrogen and oxygen atoms in total. The number of thiocarbonyl (C=S) groups is 1. The third-order valence-electron chi connectivity index (χ3n) is 0.713. The summed E-state index contributed by atoms with van der Waals surface area (Å²) in [5.41, 5.74) is 0. The molecule has 0 aromatic rings. The average Bonchev–Trinajstić information content (AvgIpc) is 2.21. The van der Waals surface area contributed by atoms with E-state index >= 15 is 0 Å². The number of rotatable bonds is 2. The summed E-state index contributed by atoms with van der Waals surface area (Å²) < 4.78 is 4.82. The molecule has 0 saturated carbocycles. The van der Waals surface area contributed by atoms with Gasteiger partial charge in [-0.25, -0.2) is 0 Å². The lowest BCUT2D eigenvalue weighted by Crippen LogP contribution is -1.80. The van der Waals surface area contributed by atoms with Gasteiger partial charge in [0.1, 0.15) is 0 Å². The Labute approximate surface area is 42.3 Å². The van der Waals surface area contributed by atoms with Crippen molar-refractivity contribution >= 4 is 17.6 Å². The molecular weight excluding hydrogens is 96.1 g/mol. The van der Waals surface area contributed by atoms with Gasteiger partial charge in [0.05, 0.1) is 12.7 Å². The van der Waals surface area contributed by atoms with Gasteiger partial charge < -0.3 is 4.74 Å². The van der Waals surface area contributed by atoms with Crippen LogP contribution in [-0.2, 0) is 4.74 Å². The van der Waals surface area contributed by atoms with Crippen molar-refractivity contribution in [1.29, 1.82) is 0 Å². The van der Waals surface area contributed by atoms with E-state index < -0.39 is 0 Å². The van der Waals surface area contributed by atoms with Crippen LogP contribution >= 0.6 is 12.2 Å². The van der Waals surface area contributed by atoms with Crippen LogP contribution in [0.3, 0.4) is 0 Å². The first kappa shape index (κ1) is 4.22. The number of hydrogen-bond acceptors (Lipinski definition) is 2. The van der Waals surface area contributed by atoms with E-state index in [1.54, 1.807) is 0 Å². The van der Waals surface area contributed by atoms with Gasteiger partial charge in [0.2, 0.25) is 0 Å². The average molecular weight is 101 g/mol. The SMILES string of the molecule is S=[C]CC1CO1. The molecule has 1 heterocycles. The Hall–Kier alpha value is 0.0500. The number of hydrogen-bond donors (Lipinski definition) is 0. The predicted molar refractivity (Wildman–Crippen MR) is 27.0 cm³/mol. The van der Waals surface area contributed by atoms with Gasteiger partial charge in [-0.3, -0.25) is 0 Å². The van der Waals surface area contributed by atoms with Crippen LogP contribution in [0.25, 0.3) is 0 Å². The monoisotopic (exact) mass is 101 g/mol. The molecule has 33 valence electrons. The lowest BCUT2D eigenvalue weighted by atomic mass is 10.4. The van der Waals surface area contributed by atoms with Gasteiger partial charge in [-0.15, -0.1) is 0 Å².